The van der Waals surface area contributed by atoms with Crippen LogP contribution in [0.5, 0.6) is 0 Å². The molecule has 2 N–H and O–H groups in total. The molecule has 96 valence electrons. The third kappa shape index (κ3) is 2.65. The molecule has 1 aliphatic carbocycles. The number of ether oxygens (including phenoxy) is 1. The van der Waals surface area contributed by atoms with Crippen LogP contribution in [0.2, 0.25) is 0 Å². The fourth-order valence-corrected chi connectivity index (χ4v) is 2.88. The van der Waals surface area contributed by atoms with Crippen molar-refractivity contribution in [2.75, 3.05) is 7.11 Å². The van der Waals surface area contributed by atoms with Crippen molar-refractivity contribution in [2.45, 2.75) is 18.9 Å². The van der Waals surface area contributed by atoms with E-state index in [2.05, 4.69) is 15.9 Å². The minimum atomic E-state index is -0.616. The third-order valence-electron chi connectivity index (χ3n) is 3.26. The number of carbonyl (C=O) groups is 1. The zero-order chi connectivity index (χ0) is 13.2. The van der Waals surface area contributed by atoms with Crippen LogP contribution in [0.1, 0.15) is 12.0 Å². The minimum Gasteiger partial charge on any atom is -0.468 e. The molecule has 0 aliphatic heterocycles. The molecule has 0 saturated heterocycles. The van der Waals surface area contributed by atoms with Crippen LogP contribution in [0.25, 0.3) is 0 Å². The van der Waals surface area contributed by atoms with Gasteiger partial charge in [-0.1, -0.05) is 40.2 Å². The molecule has 0 radical (unpaired) electrons. The molecule has 0 spiro atoms. The van der Waals surface area contributed by atoms with Crippen LogP contribution >= 0.6 is 15.9 Å². The highest BCUT2D eigenvalue weighted by Gasteiger charge is 2.41. The van der Waals surface area contributed by atoms with Crippen molar-refractivity contribution in [1.82, 2.24) is 0 Å². The monoisotopic (exact) mass is 309 g/mol. The summed E-state index contributed by atoms with van der Waals surface area (Å²) in [6.07, 6.45) is 4.99. The van der Waals surface area contributed by atoms with Gasteiger partial charge in [0, 0.05) is 10.5 Å². The van der Waals surface area contributed by atoms with E-state index in [4.69, 9.17) is 10.5 Å². The SMILES string of the molecule is COC(=O)[C@@]1(Cc2cccc(Br)c2)C=C[C@H](N)C1. The smallest absolute Gasteiger partial charge is 0.316 e. The molecular formula is C14H16BrNO2. The first-order chi connectivity index (χ1) is 8.55. The Morgan fingerprint density at radius 1 is 1.61 bits per heavy atom. The maximum absolute atomic E-state index is 12.0. The van der Waals surface area contributed by atoms with Crippen molar-refractivity contribution in [3.05, 3.63) is 46.5 Å². The Bertz CT molecular complexity index is 486. The molecule has 4 heteroatoms. The van der Waals surface area contributed by atoms with Gasteiger partial charge in [-0.3, -0.25) is 4.79 Å². The Morgan fingerprint density at radius 2 is 2.39 bits per heavy atom. The third-order valence-corrected chi connectivity index (χ3v) is 3.76. The quantitative estimate of drug-likeness (QED) is 0.689. The average molecular weight is 310 g/mol. The predicted molar refractivity (Wildman–Crippen MR) is 74.0 cm³/mol. The first kappa shape index (κ1) is 13.3. The lowest BCUT2D eigenvalue weighted by molar-refractivity contribution is -0.149. The number of benzene rings is 1. The van der Waals surface area contributed by atoms with Crippen LogP contribution in [-0.2, 0) is 16.0 Å². The predicted octanol–water partition coefficient (Wildman–Crippen LogP) is 2.44. The van der Waals surface area contributed by atoms with E-state index in [1.54, 1.807) is 0 Å². The fraction of sp³-hybridized carbons (Fsp3) is 0.357. The summed E-state index contributed by atoms with van der Waals surface area (Å²) in [5.74, 6) is -0.216. The zero-order valence-electron chi connectivity index (χ0n) is 10.2. The van der Waals surface area contributed by atoms with E-state index in [1.807, 2.05) is 36.4 Å². The van der Waals surface area contributed by atoms with E-state index >= 15 is 0 Å². The number of hydrogen-bond acceptors (Lipinski definition) is 3. The molecular weight excluding hydrogens is 294 g/mol. The van der Waals surface area contributed by atoms with Crippen molar-refractivity contribution in [3.8, 4) is 0 Å². The van der Waals surface area contributed by atoms with E-state index in [0.717, 1.165) is 10.0 Å². The van der Waals surface area contributed by atoms with Gasteiger partial charge in [0.05, 0.1) is 12.5 Å². The van der Waals surface area contributed by atoms with E-state index in [9.17, 15) is 4.79 Å². The van der Waals surface area contributed by atoms with Crippen molar-refractivity contribution in [3.63, 3.8) is 0 Å². The topological polar surface area (TPSA) is 52.3 Å². The Balaban J connectivity index is 2.27. The van der Waals surface area contributed by atoms with Gasteiger partial charge in [0.25, 0.3) is 0 Å². The standard InChI is InChI=1S/C14H16BrNO2/c1-18-13(17)14(6-5-12(16)9-14)8-10-3-2-4-11(15)7-10/h2-7,12H,8-9,16H2,1H3/t12-,14+/m0/s1. The number of hydrogen-bond donors (Lipinski definition) is 1. The Labute approximate surface area is 115 Å². The molecule has 3 nitrogen and oxygen atoms in total. The van der Waals surface area contributed by atoms with E-state index in [1.165, 1.54) is 7.11 Å². The van der Waals surface area contributed by atoms with E-state index in [0.29, 0.717) is 12.8 Å². The Kier molecular flexibility index (Phi) is 3.88. The van der Waals surface area contributed by atoms with Crippen LogP contribution in [0, 0.1) is 5.41 Å². The normalized spacial score (nSPS) is 26.3. The van der Waals surface area contributed by atoms with Gasteiger partial charge in [0.1, 0.15) is 0 Å². The molecule has 1 aromatic carbocycles. The second-order valence-corrected chi connectivity index (χ2v) is 5.60. The van der Waals surface area contributed by atoms with Crippen molar-refractivity contribution in [1.29, 1.82) is 0 Å². The number of rotatable bonds is 3. The molecule has 0 fully saturated rings. The molecule has 0 aromatic heterocycles. The van der Waals surface area contributed by atoms with E-state index < -0.39 is 5.41 Å². The summed E-state index contributed by atoms with van der Waals surface area (Å²) in [6.45, 7) is 0. The van der Waals surface area contributed by atoms with Gasteiger partial charge >= 0.3 is 5.97 Å². The maximum Gasteiger partial charge on any atom is 0.316 e. The molecule has 18 heavy (non-hydrogen) atoms. The lowest BCUT2D eigenvalue weighted by Gasteiger charge is -2.25. The number of methoxy groups -OCH3 is 1. The summed E-state index contributed by atoms with van der Waals surface area (Å²) in [5.41, 5.74) is 6.36. The van der Waals surface area contributed by atoms with Crippen LogP contribution in [-0.4, -0.2) is 19.1 Å². The molecule has 0 heterocycles. The number of esters is 1. The summed E-state index contributed by atoms with van der Waals surface area (Å²) in [5, 5.41) is 0. The summed E-state index contributed by atoms with van der Waals surface area (Å²) in [6, 6.07) is 7.87. The molecule has 1 aromatic rings. The lowest BCUT2D eigenvalue weighted by Crippen LogP contribution is -2.34. The molecule has 0 amide bonds. The molecule has 0 saturated carbocycles. The molecule has 0 unspecified atom stereocenters. The number of nitrogens with two attached hydrogens (primary N) is 1. The van der Waals surface area contributed by atoms with Crippen LogP contribution in [0.15, 0.2) is 40.9 Å². The summed E-state index contributed by atoms with van der Waals surface area (Å²) in [7, 11) is 1.42. The van der Waals surface area contributed by atoms with Gasteiger partial charge in [-0.15, -0.1) is 0 Å². The van der Waals surface area contributed by atoms with Gasteiger partial charge in [-0.25, -0.2) is 0 Å². The summed E-state index contributed by atoms with van der Waals surface area (Å²) < 4.78 is 5.94. The molecule has 2 atom stereocenters. The first-order valence-electron chi connectivity index (χ1n) is 5.83. The number of halogens is 1. The Hall–Kier alpha value is -1.13. The van der Waals surface area contributed by atoms with Crippen LogP contribution in [0.4, 0.5) is 0 Å². The van der Waals surface area contributed by atoms with Crippen LogP contribution < -0.4 is 5.73 Å². The van der Waals surface area contributed by atoms with Gasteiger partial charge in [0.2, 0.25) is 0 Å². The van der Waals surface area contributed by atoms with Gasteiger partial charge in [0.15, 0.2) is 0 Å². The zero-order valence-corrected chi connectivity index (χ0v) is 11.8. The van der Waals surface area contributed by atoms with Gasteiger partial charge < -0.3 is 10.5 Å². The lowest BCUT2D eigenvalue weighted by atomic mass is 9.80. The van der Waals surface area contributed by atoms with E-state index in [-0.39, 0.29) is 12.0 Å². The highest BCUT2D eigenvalue weighted by molar-refractivity contribution is 9.10. The molecule has 0 bridgehead atoms. The van der Waals surface area contributed by atoms with Gasteiger partial charge in [-0.05, 0) is 30.5 Å². The highest BCUT2D eigenvalue weighted by Crippen LogP contribution is 2.36. The fourth-order valence-electron chi connectivity index (χ4n) is 2.43. The average Bonchev–Trinajstić information content (AvgIpc) is 2.71. The largest absolute Gasteiger partial charge is 0.468 e. The Morgan fingerprint density at radius 3 is 2.94 bits per heavy atom. The van der Waals surface area contributed by atoms with Gasteiger partial charge in [-0.2, -0.15) is 0 Å². The first-order valence-corrected chi connectivity index (χ1v) is 6.63. The summed E-state index contributed by atoms with van der Waals surface area (Å²) >= 11 is 3.44. The van der Waals surface area contributed by atoms with Crippen LogP contribution in [0.3, 0.4) is 0 Å². The molecule has 1 aliphatic rings. The summed E-state index contributed by atoms with van der Waals surface area (Å²) in [4.78, 5) is 12.0. The minimum absolute atomic E-state index is 0.0729. The second kappa shape index (κ2) is 5.24. The second-order valence-electron chi connectivity index (χ2n) is 4.68. The maximum atomic E-state index is 12.0. The van der Waals surface area contributed by atoms with Crippen molar-refractivity contribution in [2.24, 2.45) is 11.1 Å². The van der Waals surface area contributed by atoms with Crippen molar-refractivity contribution >= 4 is 21.9 Å². The van der Waals surface area contributed by atoms with Crippen molar-refractivity contribution < 1.29 is 9.53 Å². The number of carbonyl (C=O) groups excluding carboxylic acids is 1. The highest BCUT2D eigenvalue weighted by atomic mass is 79.9. The molecule has 2 rings (SSSR count).